The number of benzene rings is 1. The summed E-state index contributed by atoms with van der Waals surface area (Å²) in [7, 11) is 1.88. The number of halogens is 3. The highest BCUT2D eigenvalue weighted by molar-refractivity contribution is 5.94. The van der Waals surface area contributed by atoms with E-state index < -0.39 is 18.0 Å². The molecular weight excluding hydrogens is 437 g/mol. The number of nitrogens with zero attached hydrogens (tertiary/aromatic N) is 5. The van der Waals surface area contributed by atoms with Crippen LogP contribution in [0.15, 0.2) is 36.7 Å². The number of pyridine rings is 1. The van der Waals surface area contributed by atoms with Gasteiger partial charge in [0.25, 0.3) is 0 Å². The lowest BCUT2D eigenvalue weighted by Gasteiger charge is -2.41. The second-order valence-electron chi connectivity index (χ2n) is 8.45. The fourth-order valence-corrected chi connectivity index (χ4v) is 4.19. The van der Waals surface area contributed by atoms with Crippen LogP contribution in [0.1, 0.15) is 35.8 Å². The van der Waals surface area contributed by atoms with Gasteiger partial charge in [0, 0.05) is 29.8 Å². The van der Waals surface area contributed by atoms with E-state index in [1.54, 1.807) is 12.4 Å². The standard InChI is InChI=1S/C22H21F3N6O2/c1-12(32)18-20-15(7-16(27-18)22(23,24)25)19(29-30-20)13-4-3-5-14(6-13)21(9-33-10-21)8-17-28-26-11-31(17)2/h3-7,11-12,32H,8-10H2,1-2H3,(H,29,30)/t12-/m1/s1. The molecule has 172 valence electrons. The number of H-pyrrole nitrogens is 1. The number of aryl methyl sites for hydroxylation is 1. The molecule has 0 bridgehead atoms. The fourth-order valence-electron chi connectivity index (χ4n) is 4.19. The third-order valence-corrected chi connectivity index (χ3v) is 6.07. The van der Waals surface area contributed by atoms with Gasteiger partial charge in [0.2, 0.25) is 0 Å². The fraction of sp³-hybridized carbons (Fsp3) is 0.364. The van der Waals surface area contributed by atoms with Crippen LogP contribution in [0.2, 0.25) is 0 Å². The Morgan fingerprint density at radius 1 is 1.27 bits per heavy atom. The zero-order valence-corrected chi connectivity index (χ0v) is 17.9. The van der Waals surface area contributed by atoms with Gasteiger partial charge in [0.15, 0.2) is 0 Å². The zero-order chi connectivity index (χ0) is 23.4. The molecule has 0 radical (unpaired) electrons. The van der Waals surface area contributed by atoms with Crippen molar-refractivity contribution in [3.8, 4) is 11.3 Å². The van der Waals surface area contributed by atoms with Gasteiger partial charge in [-0.15, -0.1) is 10.2 Å². The van der Waals surface area contributed by atoms with Gasteiger partial charge in [0.05, 0.1) is 30.5 Å². The van der Waals surface area contributed by atoms with E-state index in [9.17, 15) is 18.3 Å². The lowest BCUT2D eigenvalue weighted by Crippen LogP contribution is -2.49. The number of aliphatic hydroxyl groups is 1. The maximum absolute atomic E-state index is 13.5. The van der Waals surface area contributed by atoms with Crippen molar-refractivity contribution in [3.63, 3.8) is 0 Å². The van der Waals surface area contributed by atoms with Crippen LogP contribution >= 0.6 is 0 Å². The van der Waals surface area contributed by atoms with Crippen LogP contribution in [0, 0.1) is 0 Å². The normalized spacial score (nSPS) is 16.7. The van der Waals surface area contributed by atoms with Gasteiger partial charge in [-0.2, -0.15) is 18.3 Å². The van der Waals surface area contributed by atoms with Crippen LogP contribution in [0.25, 0.3) is 22.2 Å². The molecule has 8 nitrogen and oxygen atoms in total. The quantitative estimate of drug-likeness (QED) is 0.476. The minimum Gasteiger partial charge on any atom is -0.387 e. The second-order valence-corrected chi connectivity index (χ2v) is 8.45. The van der Waals surface area contributed by atoms with Gasteiger partial charge in [-0.3, -0.25) is 5.10 Å². The number of nitrogens with one attached hydrogen (secondary N) is 1. The number of fused-ring (bicyclic) bond motifs is 1. The number of aliphatic hydroxyl groups excluding tert-OH is 1. The van der Waals surface area contributed by atoms with Crippen molar-refractivity contribution in [2.45, 2.75) is 31.0 Å². The number of alkyl halides is 3. The van der Waals surface area contributed by atoms with Crippen molar-refractivity contribution >= 4 is 10.9 Å². The van der Waals surface area contributed by atoms with E-state index in [2.05, 4.69) is 25.4 Å². The molecule has 5 rings (SSSR count). The summed E-state index contributed by atoms with van der Waals surface area (Å²) in [6, 6.07) is 8.51. The molecule has 11 heteroatoms. The van der Waals surface area contributed by atoms with Gasteiger partial charge >= 0.3 is 6.18 Å². The van der Waals surface area contributed by atoms with Crippen LogP contribution in [0.4, 0.5) is 13.2 Å². The molecule has 0 saturated carbocycles. The van der Waals surface area contributed by atoms with E-state index in [1.165, 1.54) is 6.92 Å². The first-order valence-electron chi connectivity index (χ1n) is 10.3. The van der Waals surface area contributed by atoms with Crippen LogP contribution in [-0.2, 0) is 29.8 Å². The molecule has 0 unspecified atom stereocenters. The van der Waals surface area contributed by atoms with E-state index in [-0.39, 0.29) is 22.0 Å². The van der Waals surface area contributed by atoms with Gasteiger partial charge in [-0.1, -0.05) is 18.2 Å². The first-order chi connectivity index (χ1) is 15.7. The molecule has 3 aromatic heterocycles. The van der Waals surface area contributed by atoms with Crippen LogP contribution in [0.3, 0.4) is 0 Å². The number of aromatic amines is 1. The molecule has 33 heavy (non-hydrogen) atoms. The summed E-state index contributed by atoms with van der Waals surface area (Å²) in [4.78, 5) is 3.63. The third kappa shape index (κ3) is 3.66. The minimum absolute atomic E-state index is 0.0964. The predicted octanol–water partition coefficient (Wildman–Crippen LogP) is 3.34. The Labute approximate surface area is 186 Å². The Hall–Kier alpha value is -3.31. The number of hydrogen-bond acceptors (Lipinski definition) is 6. The van der Waals surface area contributed by atoms with Crippen molar-refractivity contribution in [2.75, 3.05) is 13.2 Å². The van der Waals surface area contributed by atoms with Gasteiger partial charge in [-0.25, -0.2) is 4.98 Å². The topological polar surface area (TPSA) is 102 Å². The Kier molecular flexibility index (Phi) is 4.98. The van der Waals surface area contributed by atoms with Crippen molar-refractivity contribution in [1.82, 2.24) is 29.9 Å². The van der Waals surface area contributed by atoms with Crippen LogP contribution < -0.4 is 0 Å². The molecule has 1 aliphatic rings. The van der Waals surface area contributed by atoms with Crippen LogP contribution in [0.5, 0.6) is 0 Å². The second kappa shape index (κ2) is 7.63. The maximum Gasteiger partial charge on any atom is 0.433 e. The predicted molar refractivity (Wildman–Crippen MR) is 112 cm³/mol. The molecule has 1 aliphatic heterocycles. The van der Waals surface area contributed by atoms with Gasteiger partial charge < -0.3 is 14.4 Å². The minimum atomic E-state index is -4.66. The average Bonchev–Trinajstić information content (AvgIpc) is 3.35. The highest BCUT2D eigenvalue weighted by Gasteiger charge is 2.42. The van der Waals surface area contributed by atoms with E-state index >= 15 is 0 Å². The SMILES string of the molecule is C[C@@H](O)c1nc(C(F)(F)F)cc2c(-c3cccc(C4(Cc5nncn5C)COC4)c3)n[nH]c12. The molecule has 1 fully saturated rings. The van der Waals surface area contributed by atoms with Gasteiger partial charge in [-0.05, 0) is 24.6 Å². The Bertz CT molecular complexity index is 1320. The average molecular weight is 458 g/mol. The number of hydrogen-bond donors (Lipinski definition) is 2. The molecule has 0 amide bonds. The molecule has 0 spiro atoms. The summed E-state index contributed by atoms with van der Waals surface area (Å²) in [6.45, 7) is 2.37. The van der Waals surface area contributed by atoms with E-state index in [0.717, 1.165) is 17.5 Å². The van der Waals surface area contributed by atoms with Gasteiger partial charge in [0.1, 0.15) is 23.5 Å². The lowest BCUT2D eigenvalue weighted by atomic mass is 9.75. The molecule has 1 saturated heterocycles. The molecule has 1 aromatic carbocycles. The summed E-state index contributed by atoms with van der Waals surface area (Å²) < 4.78 is 47.8. The third-order valence-electron chi connectivity index (χ3n) is 6.07. The summed E-state index contributed by atoms with van der Waals surface area (Å²) in [6.07, 6.45) is -3.60. The summed E-state index contributed by atoms with van der Waals surface area (Å²) >= 11 is 0. The largest absolute Gasteiger partial charge is 0.433 e. The van der Waals surface area contributed by atoms with Crippen molar-refractivity contribution < 1.29 is 23.0 Å². The van der Waals surface area contributed by atoms with Crippen molar-refractivity contribution in [1.29, 1.82) is 0 Å². The summed E-state index contributed by atoms with van der Waals surface area (Å²) in [5.74, 6) is 0.816. The number of rotatable bonds is 5. The molecular formula is C22H21F3N6O2. The smallest absolute Gasteiger partial charge is 0.387 e. The number of aromatic nitrogens is 6. The number of ether oxygens (including phenoxy) is 1. The zero-order valence-electron chi connectivity index (χ0n) is 17.9. The first-order valence-corrected chi connectivity index (χ1v) is 10.3. The molecule has 1 atom stereocenters. The molecule has 0 aliphatic carbocycles. The monoisotopic (exact) mass is 458 g/mol. The molecule has 4 aromatic rings. The van der Waals surface area contributed by atoms with Crippen molar-refractivity contribution in [2.24, 2.45) is 7.05 Å². The van der Waals surface area contributed by atoms with E-state index in [4.69, 9.17) is 4.74 Å². The summed E-state index contributed by atoms with van der Waals surface area (Å²) in [5.41, 5.74) is 0.781. The Morgan fingerprint density at radius 2 is 2.06 bits per heavy atom. The van der Waals surface area contributed by atoms with E-state index in [0.29, 0.717) is 30.9 Å². The Balaban J connectivity index is 1.61. The molecule has 2 N–H and O–H groups in total. The highest BCUT2D eigenvalue weighted by Crippen LogP contribution is 2.39. The highest BCUT2D eigenvalue weighted by atomic mass is 19.4. The Morgan fingerprint density at radius 3 is 2.67 bits per heavy atom. The van der Waals surface area contributed by atoms with Crippen molar-refractivity contribution in [3.05, 3.63) is 59.4 Å². The lowest BCUT2D eigenvalue weighted by molar-refractivity contribution is -0.141. The summed E-state index contributed by atoms with van der Waals surface area (Å²) in [5, 5.41) is 25.4. The maximum atomic E-state index is 13.5. The molecule has 4 heterocycles. The van der Waals surface area contributed by atoms with E-state index in [1.807, 2.05) is 29.8 Å². The first kappa shape index (κ1) is 21.5. The van der Waals surface area contributed by atoms with Crippen LogP contribution in [-0.4, -0.2) is 48.3 Å².